The molecule has 4 fully saturated rings. The smallest absolute Gasteiger partial charge is 0.303 e. The number of aliphatic carboxylic acids is 1. The fourth-order valence-corrected chi connectivity index (χ4v) is 18.9. The van der Waals surface area contributed by atoms with Crippen molar-refractivity contribution in [1.82, 2.24) is 47.4 Å². The Bertz CT molecular complexity index is 3410. The Morgan fingerprint density at radius 1 is 0.608 bits per heavy atom. The monoisotopic (exact) mass is 1530 g/mol. The van der Waals surface area contributed by atoms with Gasteiger partial charge in [0.05, 0.1) is 48.5 Å². The van der Waals surface area contributed by atoms with Gasteiger partial charge in [0.25, 0.3) is 0 Å². The molecule has 36 heteroatoms. The van der Waals surface area contributed by atoms with E-state index < -0.39 is 235 Å². The summed E-state index contributed by atoms with van der Waals surface area (Å²) in [6.45, 7) is 5.33. The molecule has 4 aliphatic heterocycles. The van der Waals surface area contributed by atoms with Crippen LogP contribution in [0.1, 0.15) is 109 Å². The number of phenols is 2. The quantitative estimate of drug-likeness (QED) is 0.116. The topological polar surface area (TPSA) is 480 Å². The lowest BCUT2D eigenvalue weighted by Gasteiger charge is -2.30. The first-order valence-electron chi connectivity index (χ1n) is 33.2. The largest absolute Gasteiger partial charge is 0.508 e. The van der Waals surface area contributed by atoms with E-state index in [4.69, 9.17) is 5.73 Å². The molecule has 4 bridgehead atoms. The second kappa shape index (κ2) is 41.2. The number of primary amides is 1. The van der Waals surface area contributed by atoms with E-state index in [1.807, 2.05) is 0 Å². The van der Waals surface area contributed by atoms with E-state index in [1.54, 1.807) is 19.1 Å². The van der Waals surface area contributed by atoms with Gasteiger partial charge in [-0.15, -0.1) is 0 Å². The van der Waals surface area contributed by atoms with Crippen LogP contribution in [0.15, 0.2) is 48.5 Å². The number of hydrogen-bond acceptors (Lipinski definition) is 25. The number of rotatable bonds is 14. The summed E-state index contributed by atoms with van der Waals surface area (Å²) in [5.74, 6) is -21.4. The highest BCUT2D eigenvalue weighted by molar-refractivity contribution is 8.77. The van der Waals surface area contributed by atoms with Crippen LogP contribution in [0.25, 0.3) is 0 Å². The molecule has 0 saturated carbocycles. The maximum atomic E-state index is 15.2. The third kappa shape index (κ3) is 27.0. The molecular formula is C66H88N10O20S6. The molecule has 0 unspecified atom stereocenters. The van der Waals surface area contributed by atoms with Gasteiger partial charge in [0, 0.05) is 98.8 Å². The van der Waals surface area contributed by atoms with E-state index in [0.717, 1.165) is 82.2 Å². The van der Waals surface area contributed by atoms with Crippen molar-refractivity contribution >= 4 is 159 Å². The standard InChI is InChI=1S/C66H88N10O20S6/c1-33(20-37-7-11-42(79)12-8-37)21-53(83)47-30-100-101-31-48-64(94)74-49-32-102-99-29-46(69-36(4)78)55(85)25-41(61(91)71-44(15-18-58(88)89)54(84)23-39(60(90)73-48)22-38-9-13-43(80)14-10-38)28-98-97-27-40(62(92)75-59(35(3)77)51(81)16-17-57(87)70-47)24-52(82)34(2)68-65(95)50-6-5-19-76(50)66(96)45(26-56(67)86)72-63(49)93/h7-14,33-35,39-41,44-50,59,77,79-80H,5-6,15-32H2,1-4H3,(H2,67,86)(H,68,95)(H,69,78)(H,70,87)(H,71,91)(H,72,93)(H,73,90)(H,74,94)(H,75,92)(H,88,89)/t33-,34+,35+,39-,40+,41+,44+,45+,46+,47+,48+,49+,50+,59+/m1/s1. The van der Waals surface area contributed by atoms with Crippen molar-refractivity contribution in [2.45, 2.75) is 172 Å². The van der Waals surface area contributed by atoms with Crippen LogP contribution in [0.2, 0.25) is 0 Å². The van der Waals surface area contributed by atoms with Crippen molar-refractivity contribution in [1.29, 1.82) is 0 Å². The molecule has 30 nitrogen and oxygen atoms in total. The Kier molecular flexibility index (Phi) is 33.8. The van der Waals surface area contributed by atoms with Crippen molar-refractivity contribution in [2.75, 3.05) is 41.1 Å². The Morgan fingerprint density at radius 2 is 1.16 bits per heavy atom. The van der Waals surface area contributed by atoms with Crippen LogP contribution >= 0.6 is 64.8 Å². The first kappa shape index (κ1) is 83.6. The number of nitrogens with two attached hydrogens (primary N) is 1. The Labute approximate surface area is 612 Å². The summed E-state index contributed by atoms with van der Waals surface area (Å²) in [5, 5.41) is 62.0. The maximum absolute atomic E-state index is 15.2. The van der Waals surface area contributed by atoms with Gasteiger partial charge in [0.2, 0.25) is 59.1 Å². The second-order valence-electron chi connectivity index (χ2n) is 25.7. The van der Waals surface area contributed by atoms with E-state index in [9.17, 15) is 87.5 Å². The van der Waals surface area contributed by atoms with Crippen LogP contribution in [0, 0.1) is 23.7 Å². The average molecular weight is 1530 g/mol. The number of hydrogen-bond donors (Lipinski definition) is 13. The summed E-state index contributed by atoms with van der Waals surface area (Å²) >= 11 is 0. The third-order valence-corrected chi connectivity index (χ3v) is 24.6. The van der Waals surface area contributed by atoms with Crippen LogP contribution < -0.4 is 48.3 Å². The van der Waals surface area contributed by atoms with Crippen molar-refractivity contribution in [3.8, 4) is 11.5 Å². The summed E-state index contributed by atoms with van der Waals surface area (Å²) < 4.78 is 0. The fraction of sp³-hybridized carbons (Fsp3) is 0.576. The van der Waals surface area contributed by atoms with Crippen LogP contribution in [0.5, 0.6) is 11.5 Å². The first-order chi connectivity index (χ1) is 48.3. The molecule has 0 radical (unpaired) electrons. The zero-order chi connectivity index (χ0) is 74.9. The predicted molar refractivity (Wildman–Crippen MR) is 385 cm³/mol. The second-order valence-corrected chi connectivity index (χ2v) is 33.3. The number of fused-ring (bicyclic) bond motifs is 20. The number of amides is 10. The predicted octanol–water partition coefficient (Wildman–Crippen LogP) is 0.769. The minimum Gasteiger partial charge on any atom is -0.508 e. The van der Waals surface area contributed by atoms with Crippen LogP contribution in [0.3, 0.4) is 0 Å². The number of carboxylic acid groups (broad SMARTS) is 1. The number of carbonyl (C=O) groups is 16. The highest BCUT2D eigenvalue weighted by atomic mass is 33.1. The number of aliphatic hydroxyl groups is 1. The number of aromatic hydroxyl groups is 2. The molecule has 102 heavy (non-hydrogen) atoms. The van der Waals surface area contributed by atoms with Gasteiger partial charge in [0.1, 0.15) is 41.7 Å². The van der Waals surface area contributed by atoms with Gasteiger partial charge in [-0.25, -0.2) is 0 Å². The number of carboxylic acids is 1. The maximum Gasteiger partial charge on any atom is 0.303 e. The average Bonchev–Trinajstić information content (AvgIpc) is 1.61. The van der Waals surface area contributed by atoms with E-state index in [2.05, 4.69) is 42.5 Å². The summed E-state index contributed by atoms with van der Waals surface area (Å²) in [4.78, 5) is 230. The summed E-state index contributed by atoms with van der Waals surface area (Å²) in [6.07, 6.45) is -6.76. The normalized spacial score (nSPS) is 27.5. The van der Waals surface area contributed by atoms with E-state index in [-0.39, 0.29) is 72.7 Å². The summed E-state index contributed by atoms with van der Waals surface area (Å²) in [6, 6.07) is -2.15. The van der Waals surface area contributed by atoms with Gasteiger partial charge < -0.3 is 73.6 Å². The van der Waals surface area contributed by atoms with Gasteiger partial charge in [-0.2, -0.15) is 0 Å². The molecule has 14 atom stereocenters. The number of nitrogens with zero attached hydrogens (tertiary/aromatic N) is 1. The number of nitrogens with one attached hydrogen (secondary N) is 8. The summed E-state index contributed by atoms with van der Waals surface area (Å²) in [5.41, 5.74) is 6.85. The first-order valence-corrected chi connectivity index (χ1v) is 40.6. The molecule has 10 amide bonds. The van der Waals surface area contributed by atoms with Crippen LogP contribution in [-0.4, -0.2) is 221 Å². The minimum absolute atomic E-state index is 0.0201. The molecule has 2 aromatic rings. The number of benzene rings is 2. The molecule has 0 aromatic heterocycles. The number of Topliss-reactive ketones (excluding diaryl/α,β-unsaturated/α-hetero) is 5. The Balaban J connectivity index is 1.57. The van der Waals surface area contributed by atoms with Gasteiger partial charge in [-0.1, -0.05) is 96.0 Å². The minimum atomic E-state index is -1.81. The number of phenolic OH excluding ortho intramolecular Hbond substituents is 2. The SMILES string of the molecule is CC(=O)N[C@H]1CSSC[C@@H]2NC(=O)[C@@H]3CSSC[C@@H](C(=O)C[C@H](C)Cc4ccc(O)cc4)NC(=O)CCC(=O)[C@H]([C@H](C)O)NC(=O)[C@H](CSSC[C@H](CC1=O)C(=O)N[C@@H](CCC(=O)O)C(=O)C[C@@H](Cc1ccc(O)cc1)C(=O)N3)CC(=O)[C@H](C)NC(=O)[C@@H]1CCCN1C(=O)[C@H](CC(N)=O)NC2=O. The van der Waals surface area contributed by atoms with Gasteiger partial charge in [-0.3, -0.25) is 76.7 Å². The lowest BCUT2D eigenvalue weighted by atomic mass is 9.89. The fourth-order valence-electron chi connectivity index (χ4n) is 11.6. The van der Waals surface area contributed by atoms with Gasteiger partial charge in [-0.05, 0) is 87.3 Å². The molecule has 4 saturated heterocycles. The number of carbonyl (C=O) groups excluding carboxylic acids is 15. The molecule has 4 aliphatic rings. The lowest BCUT2D eigenvalue weighted by molar-refractivity contribution is -0.143. The molecular weight excluding hydrogens is 1450 g/mol. The van der Waals surface area contributed by atoms with E-state index in [1.165, 1.54) is 50.2 Å². The summed E-state index contributed by atoms with van der Waals surface area (Å²) in [7, 11) is 5.48. The zero-order valence-corrected chi connectivity index (χ0v) is 61.5. The highest BCUT2D eigenvalue weighted by Crippen LogP contribution is 2.32. The molecule has 6 rings (SSSR count). The van der Waals surface area contributed by atoms with Gasteiger partial charge in [0.15, 0.2) is 28.9 Å². The molecule has 0 spiro atoms. The third-order valence-electron chi connectivity index (χ3n) is 17.2. The lowest BCUT2D eigenvalue weighted by Crippen LogP contribution is -2.60. The molecule has 558 valence electrons. The van der Waals surface area contributed by atoms with Crippen molar-refractivity contribution in [3.05, 3.63) is 59.7 Å². The molecule has 14 N–H and O–H groups in total. The van der Waals surface area contributed by atoms with E-state index in [0.29, 0.717) is 12.0 Å². The van der Waals surface area contributed by atoms with Crippen LogP contribution in [-0.2, 0) is 89.6 Å². The zero-order valence-electron chi connectivity index (χ0n) is 56.6. The number of aliphatic hydroxyl groups excluding tert-OH is 1. The highest BCUT2D eigenvalue weighted by Gasteiger charge is 2.42. The Hall–Kier alpha value is -7.38. The molecule has 0 aliphatic carbocycles. The van der Waals surface area contributed by atoms with Crippen molar-refractivity contribution in [3.63, 3.8) is 0 Å². The van der Waals surface area contributed by atoms with E-state index >= 15 is 9.59 Å². The van der Waals surface area contributed by atoms with Gasteiger partial charge >= 0.3 is 5.97 Å². The number of ketones is 5. The Morgan fingerprint density at radius 3 is 1.75 bits per heavy atom. The molecule has 4 heterocycles. The van der Waals surface area contributed by atoms with Crippen molar-refractivity contribution in [2.24, 2.45) is 29.4 Å². The van der Waals surface area contributed by atoms with Crippen LogP contribution in [0.4, 0.5) is 0 Å². The molecule has 2 aromatic carbocycles. The van der Waals surface area contributed by atoms with Crippen molar-refractivity contribution < 1.29 is 97.1 Å².